The highest BCUT2D eigenvalue weighted by atomic mass is 15.2. The summed E-state index contributed by atoms with van der Waals surface area (Å²) in [5, 5.41) is 6.73. The van der Waals surface area contributed by atoms with Crippen molar-refractivity contribution in [3.8, 4) is 11.4 Å². The number of aromatic nitrogens is 4. The van der Waals surface area contributed by atoms with Gasteiger partial charge in [-0.2, -0.15) is 0 Å². The van der Waals surface area contributed by atoms with Crippen molar-refractivity contribution in [3.63, 3.8) is 0 Å². The molecule has 0 amide bonds. The Kier molecular flexibility index (Phi) is 4.97. The van der Waals surface area contributed by atoms with Crippen molar-refractivity contribution in [2.24, 2.45) is 0 Å². The van der Waals surface area contributed by atoms with Gasteiger partial charge in [0, 0.05) is 49.6 Å². The van der Waals surface area contributed by atoms with E-state index in [9.17, 15) is 0 Å². The van der Waals surface area contributed by atoms with E-state index in [2.05, 4.69) is 53.7 Å². The van der Waals surface area contributed by atoms with E-state index in [-0.39, 0.29) is 0 Å². The Morgan fingerprint density at radius 2 is 1.96 bits per heavy atom. The van der Waals surface area contributed by atoms with E-state index in [1.807, 2.05) is 12.1 Å². The molecule has 3 aromatic rings. The molecule has 0 radical (unpaired) electrons. The predicted molar refractivity (Wildman–Crippen MR) is 102 cm³/mol. The fourth-order valence-corrected chi connectivity index (χ4v) is 3.01. The molecule has 0 bridgehead atoms. The molecule has 0 saturated carbocycles. The molecule has 0 atom stereocenters. The highest BCUT2D eigenvalue weighted by Gasteiger charge is 2.10. The Morgan fingerprint density at radius 3 is 2.88 bits per heavy atom. The fraction of sp³-hybridized carbons (Fsp3) is 0.263. The molecule has 2 aromatic heterocycles. The molecule has 26 heavy (non-hydrogen) atoms. The van der Waals surface area contributed by atoms with Gasteiger partial charge in [-0.3, -0.25) is 9.97 Å². The molecule has 7 nitrogen and oxygen atoms in total. The van der Waals surface area contributed by atoms with Crippen molar-refractivity contribution in [2.45, 2.75) is 6.42 Å². The van der Waals surface area contributed by atoms with Crippen molar-refractivity contribution in [1.82, 2.24) is 25.3 Å². The van der Waals surface area contributed by atoms with Crippen LogP contribution in [0.3, 0.4) is 0 Å². The van der Waals surface area contributed by atoms with Gasteiger partial charge in [0.2, 0.25) is 5.95 Å². The van der Waals surface area contributed by atoms with Gasteiger partial charge < -0.3 is 15.5 Å². The predicted octanol–water partition coefficient (Wildman–Crippen LogP) is 2.48. The Morgan fingerprint density at radius 1 is 0.962 bits per heavy atom. The summed E-state index contributed by atoms with van der Waals surface area (Å²) in [5.74, 6) is 0.544. The third-order valence-corrected chi connectivity index (χ3v) is 4.29. The van der Waals surface area contributed by atoms with Crippen molar-refractivity contribution in [3.05, 3.63) is 55.1 Å². The van der Waals surface area contributed by atoms with E-state index < -0.39 is 0 Å². The van der Waals surface area contributed by atoms with Gasteiger partial charge in [-0.1, -0.05) is 6.07 Å². The third kappa shape index (κ3) is 3.94. The third-order valence-electron chi connectivity index (χ3n) is 4.29. The topological polar surface area (TPSA) is 78.9 Å². The van der Waals surface area contributed by atoms with Crippen molar-refractivity contribution in [2.75, 3.05) is 36.4 Å². The molecule has 1 aliphatic heterocycles. The molecule has 1 aromatic carbocycles. The second-order valence-corrected chi connectivity index (χ2v) is 6.12. The van der Waals surface area contributed by atoms with Gasteiger partial charge in [-0.25, -0.2) is 9.97 Å². The second kappa shape index (κ2) is 7.88. The molecule has 132 valence electrons. The largest absolute Gasteiger partial charge is 0.370 e. The Hall–Kier alpha value is -3.06. The molecule has 0 unspecified atom stereocenters. The number of nitrogens with zero attached hydrogens (tertiary/aromatic N) is 5. The summed E-state index contributed by atoms with van der Waals surface area (Å²) >= 11 is 0. The lowest BCUT2D eigenvalue weighted by molar-refractivity contribution is 0.724. The quantitative estimate of drug-likeness (QED) is 0.750. The maximum Gasteiger partial charge on any atom is 0.227 e. The molecular weight excluding hydrogens is 326 g/mol. The minimum atomic E-state index is 0.544. The zero-order valence-electron chi connectivity index (χ0n) is 14.5. The van der Waals surface area contributed by atoms with Crippen LogP contribution in [0.4, 0.5) is 17.3 Å². The average Bonchev–Trinajstić information content (AvgIpc) is 2.99. The molecule has 7 heteroatoms. The van der Waals surface area contributed by atoms with Crippen LogP contribution in [0.25, 0.3) is 11.4 Å². The normalized spacial score (nSPS) is 14.7. The minimum absolute atomic E-state index is 0.544. The summed E-state index contributed by atoms with van der Waals surface area (Å²) in [6.45, 7) is 4.18. The highest BCUT2D eigenvalue weighted by Crippen LogP contribution is 2.23. The molecule has 3 heterocycles. The van der Waals surface area contributed by atoms with Crippen LogP contribution in [-0.2, 0) is 0 Å². The van der Waals surface area contributed by atoms with Crippen LogP contribution >= 0.6 is 0 Å². The van der Waals surface area contributed by atoms with Crippen LogP contribution in [0.1, 0.15) is 6.42 Å². The van der Waals surface area contributed by atoms with E-state index in [0.717, 1.165) is 49.7 Å². The molecule has 4 rings (SSSR count). The summed E-state index contributed by atoms with van der Waals surface area (Å²) < 4.78 is 0. The maximum absolute atomic E-state index is 4.55. The SMILES string of the molecule is c1cc(Nc2nccc(-c3cnccn3)n2)cc(N2CCCNCC2)c1. The van der Waals surface area contributed by atoms with Gasteiger partial charge in [0.25, 0.3) is 0 Å². The van der Waals surface area contributed by atoms with E-state index in [4.69, 9.17) is 0 Å². The van der Waals surface area contributed by atoms with Crippen molar-refractivity contribution in [1.29, 1.82) is 0 Å². The van der Waals surface area contributed by atoms with Crippen LogP contribution in [0.15, 0.2) is 55.1 Å². The first-order valence-electron chi connectivity index (χ1n) is 8.81. The minimum Gasteiger partial charge on any atom is -0.370 e. The Labute approximate surface area is 152 Å². The average molecular weight is 347 g/mol. The lowest BCUT2D eigenvalue weighted by Gasteiger charge is -2.23. The summed E-state index contributed by atoms with van der Waals surface area (Å²) in [4.78, 5) is 19.7. The monoisotopic (exact) mass is 347 g/mol. The molecule has 1 saturated heterocycles. The van der Waals surface area contributed by atoms with Crippen LogP contribution in [-0.4, -0.2) is 46.1 Å². The number of hydrogen-bond donors (Lipinski definition) is 2. The van der Waals surface area contributed by atoms with Gasteiger partial charge in [-0.05, 0) is 37.2 Å². The van der Waals surface area contributed by atoms with Crippen molar-refractivity contribution < 1.29 is 0 Å². The van der Waals surface area contributed by atoms with Gasteiger partial charge in [0.05, 0.1) is 11.9 Å². The van der Waals surface area contributed by atoms with Crippen LogP contribution in [0.2, 0.25) is 0 Å². The Balaban J connectivity index is 1.53. The van der Waals surface area contributed by atoms with Crippen LogP contribution in [0.5, 0.6) is 0 Å². The van der Waals surface area contributed by atoms with Crippen molar-refractivity contribution >= 4 is 17.3 Å². The fourth-order valence-electron chi connectivity index (χ4n) is 3.01. The summed E-state index contributed by atoms with van der Waals surface area (Å²) in [7, 11) is 0. The lowest BCUT2D eigenvalue weighted by atomic mass is 10.2. The zero-order valence-corrected chi connectivity index (χ0v) is 14.5. The summed E-state index contributed by atoms with van der Waals surface area (Å²) in [6, 6.07) is 10.2. The number of benzene rings is 1. The van der Waals surface area contributed by atoms with E-state index >= 15 is 0 Å². The molecule has 1 fully saturated rings. The van der Waals surface area contributed by atoms with E-state index in [1.165, 1.54) is 5.69 Å². The van der Waals surface area contributed by atoms with E-state index in [1.54, 1.807) is 24.8 Å². The molecule has 0 spiro atoms. The highest BCUT2D eigenvalue weighted by molar-refractivity contribution is 5.63. The summed E-state index contributed by atoms with van der Waals surface area (Å²) in [6.07, 6.45) is 7.88. The number of anilines is 3. The smallest absolute Gasteiger partial charge is 0.227 e. The first-order valence-corrected chi connectivity index (χ1v) is 8.81. The Bertz CT molecular complexity index is 845. The number of hydrogen-bond acceptors (Lipinski definition) is 7. The number of nitrogens with one attached hydrogen (secondary N) is 2. The zero-order chi connectivity index (χ0) is 17.6. The second-order valence-electron chi connectivity index (χ2n) is 6.12. The first kappa shape index (κ1) is 16.4. The van der Waals surface area contributed by atoms with Crippen LogP contribution in [0, 0.1) is 0 Å². The van der Waals surface area contributed by atoms with Gasteiger partial charge in [0.15, 0.2) is 0 Å². The molecule has 2 N–H and O–H groups in total. The van der Waals surface area contributed by atoms with Gasteiger partial charge >= 0.3 is 0 Å². The summed E-state index contributed by atoms with van der Waals surface area (Å²) in [5.41, 5.74) is 3.65. The van der Waals surface area contributed by atoms with Gasteiger partial charge in [0.1, 0.15) is 5.69 Å². The molecular formula is C19H21N7. The lowest BCUT2D eigenvalue weighted by Crippen LogP contribution is -2.27. The first-order chi connectivity index (χ1) is 12.9. The number of rotatable bonds is 4. The molecule has 1 aliphatic rings. The van der Waals surface area contributed by atoms with E-state index in [0.29, 0.717) is 5.95 Å². The maximum atomic E-state index is 4.55. The van der Waals surface area contributed by atoms with Gasteiger partial charge in [-0.15, -0.1) is 0 Å². The van der Waals surface area contributed by atoms with Crippen LogP contribution < -0.4 is 15.5 Å². The molecule has 0 aliphatic carbocycles. The standard InChI is InChI=1S/C19H21N7/c1-3-15(13-16(4-1)26-11-2-6-20-10-12-26)24-19-23-7-5-17(25-19)18-14-21-8-9-22-18/h1,3-5,7-9,13-14,20H,2,6,10-12H2,(H,23,24,25).